The molecule has 4 aromatic rings. The van der Waals surface area contributed by atoms with E-state index in [-0.39, 0.29) is 26.1 Å². The van der Waals surface area contributed by atoms with Crippen LogP contribution in [-0.4, -0.2) is 22.5 Å². The van der Waals surface area contributed by atoms with E-state index in [1.807, 2.05) is 72.8 Å². The predicted molar refractivity (Wildman–Crippen MR) is 146 cm³/mol. The third kappa shape index (κ3) is 5.00. The number of hydrogen-bond acceptors (Lipinski definition) is 4. The summed E-state index contributed by atoms with van der Waals surface area (Å²) in [6.07, 6.45) is 7.62. The van der Waals surface area contributed by atoms with Gasteiger partial charge in [0, 0.05) is 4.47 Å². The fourth-order valence-electron chi connectivity index (χ4n) is 4.28. The Bertz CT molecular complexity index is 1730. The second-order valence-electron chi connectivity index (χ2n) is 8.29. The van der Waals surface area contributed by atoms with E-state index < -0.39 is 5.97 Å². The van der Waals surface area contributed by atoms with E-state index in [9.17, 15) is 4.79 Å². The van der Waals surface area contributed by atoms with Gasteiger partial charge in [0.1, 0.15) is 0 Å². The van der Waals surface area contributed by atoms with Gasteiger partial charge in [0.15, 0.2) is 0 Å². The van der Waals surface area contributed by atoms with Crippen LogP contribution in [-0.2, 0) is 24.2 Å². The maximum atomic E-state index is 12.9. The van der Waals surface area contributed by atoms with Crippen LogP contribution in [0.4, 0.5) is 0 Å². The Kier molecular flexibility index (Phi) is 7.05. The maximum Gasteiger partial charge on any atom is 2.00 e. The summed E-state index contributed by atoms with van der Waals surface area (Å²) in [4.78, 5) is 32.0. The SMILES string of the molecule is CCOC(=O)c1c2nc(cc3ccc([n-]3)c(-c3ccc(Br)cc3)c3nc(cc4ccc1[n-]4)C=C3)C=C2.[Zn+2]. The van der Waals surface area contributed by atoms with Crippen LogP contribution in [0.25, 0.3) is 57.5 Å². The van der Waals surface area contributed by atoms with Crippen molar-refractivity contribution in [2.24, 2.45) is 0 Å². The fourth-order valence-corrected chi connectivity index (χ4v) is 4.54. The van der Waals surface area contributed by atoms with Crippen LogP contribution in [0.2, 0.25) is 0 Å². The van der Waals surface area contributed by atoms with Gasteiger partial charge in [-0.15, -0.1) is 22.1 Å². The standard InChI is InChI=1S/C29H20BrN4O2.Zn/c1-2-36-29(35)28-25-13-9-21(33-25)15-19-7-11-23(31-19)27(17-3-5-18(30)6-4-17)24-12-8-20(32-24)16-22-10-14-26(28)34-22;/h3-16H,2H2,1H3,(H-,31,32,33,34,35);/q-1;+2/p-1. The molecule has 37 heavy (non-hydrogen) atoms. The van der Waals surface area contributed by atoms with Gasteiger partial charge >= 0.3 is 25.4 Å². The molecule has 5 heterocycles. The minimum Gasteiger partial charge on any atom is -0.657 e. The van der Waals surface area contributed by atoms with Crippen LogP contribution < -0.4 is 9.97 Å². The van der Waals surface area contributed by atoms with E-state index >= 15 is 0 Å². The number of esters is 1. The van der Waals surface area contributed by atoms with Crippen molar-refractivity contribution in [3.8, 4) is 11.1 Å². The Labute approximate surface area is 234 Å². The van der Waals surface area contributed by atoms with Gasteiger partial charge in [-0.2, -0.15) is 0 Å². The second kappa shape index (κ2) is 10.4. The van der Waals surface area contributed by atoms with Gasteiger partial charge in [0.05, 0.1) is 34.9 Å². The maximum absolute atomic E-state index is 12.9. The number of nitrogens with zero attached hydrogens (tertiary/aromatic N) is 4. The Hall–Kier alpha value is -3.61. The zero-order valence-corrected chi connectivity index (χ0v) is 24.5. The van der Waals surface area contributed by atoms with Crippen LogP contribution in [0, 0.1) is 0 Å². The molecule has 0 radical (unpaired) electrons. The molecular weight excluding hydrogens is 582 g/mol. The first-order chi connectivity index (χ1) is 17.6. The van der Waals surface area contributed by atoms with E-state index in [0.29, 0.717) is 28.0 Å². The van der Waals surface area contributed by atoms with Crippen LogP contribution in [0.5, 0.6) is 0 Å². The Morgan fingerprint density at radius 3 is 2.08 bits per heavy atom. The van der Waals surface area contributed by atoms with E-state index in [4.69, 9.17) is 14.7 Å². The van der Waals surface area contributed by atoms with Crippen LogP contribution in [0.15, 0.2) is 65.1 Å². The number of ether oxygens (including phenoxy) is 1. The average Bonchev–Trinajstić information content (AvgIpc) is 3.66. The van der Waals surface area contributed by atoms with Crippen molar-refractivity contribution >= 4 is 68.3 Å². The number of hydrogen-bond donors (Lipinski definition) is 0. The normalized spacial score (nSPS) is 11.8. The molecule has 0 N–H and O–H groups in total. The van der Waals surface area contributed by atoms with Crippen LogP contribution >= 0.6 is 15.9 Å². The fraction of sp³-hybridized carbons (Fsp3) is 0.0690. The number of carbonyl (C=O) groups excluding carboxylic acids is 1. The average molecular weight is 601 g/mol. The van der Waals surface area contributed by atoms with E-state index in [2.05, 4.69) is 38.0 Å². The summed E-state index contributed by atoms with van der Waals surface area (Å²) in [7, 11) is 0. The summed E-state index contributed by atoms with van der Waals surface area (Å²) in [6, 6.07) is 19.5. The Morgan fingerprint density at radius 1 is 0.811 bits per heavy atom. The minimum atomic E-state index is -0.455. The number of halogens is 1. The van der Waals surface area contributed by atoms with Gasteiger partial charge in [0.2, 0.25) is 0 Å². The summed E-state index contributed by atoms with van der Waals surface area (Å²) in [5.74, 6) is -0.455. The molecule has 0 unspecified atom stereocenters. The third-order valence-electron chi connectivity index (χ3n) is 5.87. The summed E-state index contributed by atoms with van der Waals surface area (Å²) in [6.45, 7) is 2.04. The molecule has 0 saturated heterocycles. The molecule has 0 spiro atoms. The largest absolute Gasteiger partial charge is 2.00 e. The quantitative estimate of drug-likeness (QED) is 0.170. The number of carbonyl (C=O) groups is 1. The van der Waals surface area contributed by atoms with Gasteiger partial charge in [0.25, 0.3) is 0 Å². The molecule has 3 aromatic heterocycles. The zero-order valence-electron chi connectivity index (χ0n) is 20.0. The summed E-state index contributed by atoms with van der Waals surface area (Å²) in [5, 5.41) is 0. The summed E-state index contributed by atoms with van der Waals surface area (Å²) in [5.41, 5.74) is 7.88. The second-order valence-corrected chi connectivity index (χ2v) is 9.20. The van der Waals surface area contributed by atoms with E-state index in [1.165, 1.54) is 0 Å². The van der Waals surface area contributed by atoms with Gasteiger partial charge in [-0.25, -0.2) is 14.8 Å². The van der Waals surface area contributed by atoms with Gasteiger partial charge in [-0.05, 0) is 54.5 Å². The first-order valence-electron chi connectivity index (χ1n) is 11.5. The molecule has 0 fully saturated rings. The van der Waals surface area contributed by atoms with Crippen molar-refractivity contribution < 1.29 is 29.0 Å². The van der Waals surface area contributed by atoms with Crippen molar-refractivity contribution in [1.82, 2.24) is 19.9 Å². The molecule has 8 bridgehead atoms. The van der Waals surface area contributed by atoms with E-state index in [1.54, 1.807) is 6.92 Å². The number of benzene rings is 1. The van der Waals surface area contributed by atoms with Crippen molar-refractivity contribution in [1.29, 1.82) is 0 Å². The number of rotatable bonds is 3. The van der Waals surface area contributed by atoms with Crippen molar-refractivity contribution in [3.63, 3.8) is 0 Å². The molecule has 2 aliphatic heterocycles. The molecule has 0 aliphatic carbocycles. The monoisotopic (exact) mass is 598 g/mol. The van der Waals surface area contributed by atoms with Crippen LogP contribution in [0.3, 0.4) is 0 Å². The third-order valence-corrected chi connectivity index (χ3v) is 6.40. The van der Waals surface area contributed by atoms with Crippen molar-refractivity contribution in [2.45, 2.75) is 6.92 Å². The first-order valence-corrected chi connectivity index (χ1v) is 12.3. The molecule has 1 aromatic carbocycles. The van der Waals surface area contributed by atoms with Gasteiger partial charge in [-0.3, -0.25) is 0 Å². The molecule has 8 heteroatoms. The molecule has 176 valence electrons. The molecular formula is C29H19BrN4O2Zn. The molecule has 6 rings (SSSR count). The topological polar surface area (TPSA) is 80.3 Å². The van der Waals surface area contributed by atoms with Crippen molar-refractivity contribution in [3.05, 3.63) is 93.5 Å². The zero-order chi connectivity index (χ0) is 24.6. The van der Waals surface area contributed by atoms with Crippen molar-refractivity contribution in [2.75, 3.05) is 6.61 Å². The molecule has 0 amide bonds. The first kappa shape index (κ1) is 25.1. The number of aromatic nitrogens is 4. The molecule has 0 atom stereocenters. The van der Waals surface area contributed by atoms with Gasteiger partial charge < -0.3 is 14.7 Å². The van der Waals surface area contributed by atoms with E-state index in [0.717, 1.165) is 38.0 Å². The Morgan fingerprint density at radius 2 is 1.41 bits per heavy atom. The molecule has 0 saturated carbocycles. The molecule has 6 nitrogen and oxygen atoms in total. The predicted octanol–water partition coefficient (Wildman–Crippen LogP) is 6.52. The Balaban J connectivity index is 0.00000280. The summed E-state index contributed by atoms with van der Waals surface area (Å²) >= 11 is 3.52. The van der Waals surface area contributed by atoms with Gasteiger partial charge in [-0.1, -0.05) is 64.5 Å². The number of fused-ring (bicyclic) bond motifs is 8. The summed E-state index contributed by atoms with van der Waals surface area (Å²) < 4.78 is 6.32. The minimum absolute atomic E-state index is 0. The molecule has 2 aliphatic rings. The van der Waals surface area contributed by atoms with Crippen LogP contribution in [0.1, 0.15) is 40.1 Å². The smallest absolute Gasteiger partial charge is 0.657 e.